The molecule has 0 fully saturated rings. The molecule has 0 aromatic heterocycles. The van der Waals surface area contributed by atoms with Crippen molar-refractivity contribution in [2.75, 3.05) is 6.61 Å². The van der Waals surface area contributed by atoms with Crippen molar-refractivity contribution in [1.29, 1.82) is 0 Å². The van der Waals surface area contributed by atoms with Gasteiger partial charge in [-0.25, -0.2) is 0 Å². The average molecular weight is 277 g/mol. The Morgan fingerprint density at radius 3 is 2.17 bits per heavy atom. The minimum Gasteiger partial charge on any atom is -0.396 e. The van der Waals surface area contributed by atoms with Gasteiger partial charge in [-0.3, -0.25) is 0 Å². The van der Waals surface area contributed by atoms with Gasteiger partial charge in [-0.15, -0.1) is 0 Å². The van der Waals surface area contributed by atoms with Gasteiger partial charge in [-0.1, -0.05) is 44.2 Å². The van der Waals surface area contributed by atoms with Crippen molar-refractivity contribution in [2.24, 2.45) is 11.3 Å². The van der Waals surface area contributed by atoms with Gasteiger partial charge < -0.3 is 5.11 Å². The fourth-order valence-electron chi connectivity index (χ4n) is 2.12. The van der Waals surface area contributed by atoms with Crippen LogP contribution in [-0.4, -0.2) is 17.1 Å². The first kappa shape index (κ1) is 15.4. The second kappa shape index (κ2) is 5.98. The van der Waals surface area contributed by atoms with E-state index in [0.29, 0.717) is 6.42 Å². The van der Waals surface area contributed by atoms with Crippen molar-refractivity contribution in [3.05, 3.63) is 35.9 Å². The Bertz CT molecular complexity index is 362. The smallest absolute Gasteiger partial charge is 0.329 e. The standard InChI is InChI=1S/C14H19ClF2O/c1-11(2)13(10-18,14(15,16)17)9-8-12-6-4-3-5-7-12/h3-7,11,18H,8-10H2,1-2H3. The molecule has 0 spiro atoms. The van der Waals surface area contributed by atoms with E-state index in [1.165, 1.54) is 0 Å². The first-order valence-corrected chi connectivity index (χ1v) is 6.43. The number of aryl methyl sites for hydroxylation is 1. The predicted octanol–water partition coefficient (Wildman–Crippen LogP) is 4.09. The van der Waals surface area contributed by atoms with Gasteiger partial charge in [-0.2, -0.15) is 8.78 Å². The third kappa shape index (κ3) is 3.21. The molecule has 1 N–H and O–H groups in total. The van der Waals surface area contributed by atoms with Crippen molar-refractivity contribution in [3.63, 3.8) is 0 Å². The molecule has 0 saturated heterocycles. The highest BCUT2D eigenvalue weighted by Crippen LogP contribution is 2.48. The molecule has 0 saturated carbocycles. The van der Waals surface area contributed by atoms with Gasteiger partial charge in [0.2, 0.25) is 0 Å². The second-order valence-corrected chi connectivity index (χ2v) is 5.43. The van der Waals surface area contributed by atoms with E-state index in [4.69, 9.17) is 11.6 Å². The Hall–Kier alpha value is -0.670. The molecule has 0 radical (unpaired) electrons. The van der Waals surface area contributed by atoms with E-state index in [9.17, 15) is 13.9 Å². The maximum absolute atomic E-state index is 13.6. The number of aliphatic hydroxyl groups is 1. The van der Waals surface area contributed by atoms with E-state index in [1.54, 1.807) is 13.8 Å². The van der Waals surface area contributed by atoms with Gasteiger partial charge in [0.1, 0.15) is 0 Å². The highest BCUT2D eigenvalue weighted by Gasteiger charge is 2.53. The fourth-order valence-corrected chi connectivity index (χ4v) is 2.49. The number of alkyl halides is 3. The molecule has 0 heterocycles. The van der Waals surface area contributed by atoms with Crippen LogP contribution in [0.2, 0.25) is 0 Å². The molecule has 0 amide bonds. The van der Waals surface area contributed by atoms with Crippen molar-refractivity contribution in [2.45, 2.75) is 32.1 Å². The molecule has 1 aromatic carbocycles. The topological polar surface area (TPSA) is 20.2 Å². The maximum Gasteiger partial charge on any atom is 0.329 e. The minimum atomic E-state index is -3.41. The quantitative estimate of drug-likeness (QED) is 0.776. The van der Waals surface area contributed by atoms with Gasteiger partial charge in [0, 0.05) is 0 Å². The number of hydrogen-bond acceptors (Lipinski definition) is 1. The molecule has 1 unspecified atom stereocenters. The van der Waals surface area contributed by atoms with Crippen molar-refractivity contribution >= 4 is 11.6 Å². The highest BCUT2D eigenvalue weighted by molar-refractivity contribution is 6.22. The lowest BCUT2D eigenvalue weighted by Gasteiger charge is -2.39. The molecule has 4 heteroatoms. The molecule has 102 valence electrons. The van der Waals surface area contributed by atoms with Crippen LogP contribution >= 0.6 is 11.6 Å². The highest BCUT2D eigenvalue weighted by atomic mass is 35.5. The third-order valence-corrected chi connectivity index (χ3v) is 4.03. The molecule has 1 aromatic rings. The summed E-state index contributed by atoms with van der Waals surface area (Å²) in [4.78, 5) is 0. The van der Waals surface area contributed by atoms with Crippen LogP contribution in [0.1, 0.15) is 25.8 Å². The largest absolute Gasteiger partial charge is 0.396 e. The Kier molecular flexibility index (Phi) is 5.11. The minimum absolute atomic E-state index is 0.154. The normalized spacial score (nSPS) is 15.7. The first-order chi connectivity index (χ1) is 8.33. The number of halogens is 3. The van der Waals surface area contributed by atoms with Crippen LogP contribution in [0.5, 0.6) is 0 Å². The summed E-state index contributed by atoms with van der Waals surface area (Å²) < 4.78 is 27.2. The Morgan fingerprint density at radius 2 is 1.78 bits per heavy atom. The van der Waals surface area contributed by atoms with Gasteiger partial charge in [0.25, 0.3) is 0 Å². The lowest BCUT2D eigenvalue weighted by Crippen LogP contribution is -2.45. The van der Waals surface area contributed by atoms with Gasteiger partial charge in [-0.05, 0) is 35.9 Å². The van der Waals surface area contributed by atoms with Crippen molar-refractivity contribution in [3.8, 4) is 0 Å². The SMILES string of the molecule is CC(C)C(CO)(CCc1ccccc1)C(F)(F)Cl. The van der Waals surface area contributed by atoms with E-state index in [1.807, 2.05) is 30.3 Å². The van der Waals surface area contributed by atoms with E-state index >= 15 is 0 Å². The zero-order chi connectivity index (χ0) is 13.8. The summed E-state index contributed by atoms with van der Waals surface area (Å²) in [6.07, 6.45) is 0.629. The van der Waals surface area contributed by atoms with E-state index < -0.39 is 23.3 Å². The summed E-state index contributed by atoms with van der Waals surface area (Å²) in [5.41, 5.74) is -0.610. The average Bonchev–Trinajstić information content (AvgIpc) is 2.29. The molecule has 0 aliphatic carbocycles. The zero-order valence-corrected chi connectivity index (χ0v) is 11.4. The molecule has 18 heavy (non-hydrogen) atoms. The van der Waals surface area contributed by atoms with E-state index in [-0.39, 0.29) is 6.42 Å². The van der Waals surface area contributed by atoms with Crippen LogP contribution < -0.4 is 0 Å². The summed E-state index contributed by atoms with van der Waals surface area (Å²) in [6, 6.07) is 9.37. The summed E-state index contributed by atoms with van der Waals surface area (Å²) in [6.45, 7) is 2.71. The maximum atomic E-state index is 13.6. The van der Waals surface area contributed by atoms with Crippen LogP contribution in [0.15, 0.2) is 30.3 Å². The third-order valence-electron chi connectivity index (χ3n) is 3.65. The fraction of sp³-hybridized carbons (Fsp3) is 0.571. The van der Waals surface area contributed by atoms with Crippen LogP contribution in [0.25, 0.3) is 0 Å². The molecular formula is C14H19ClF2O. The molecule has 0 aliphatic rings. The molecule has 0 aliphatic heterocycles. The lowest BCUT2D eigenvalue weighted by atomic mass is 9.73. The summed E-state index contributed by atoms with van der Waals surface area (Å²) >= 11 is 5.22. The van der Waals surface area contributed by atoms with Crippen LogP contribution in [0.3, 0.4) is 0 Å². The molecular weight excluding hydrogens is 258 g/mol. The molecule has 1 rings (SSSR count). The predicted molar refractivity (Wildman–Crippen MR) is 69.9 cm³/mol. The Morgan fingerprint density at radius 1 is 1.22 bits per heavy atom. The van der Waals surface area contributed by atoms with Crippen LogP contribution in [-0.2, 0) is 6.42 Å². The summed E-state index contributed by atoms with van der Waals surface area (Å²) in [5, 5.41) is 5.98. The molecule has 1 atom stereocenters. The number of hydrogen-bond donors (Lipinski definition) is 1. The Balaban J connectivity index is 2.87. The van der Waals surface area contributed by atoms with Crippen LogP contribution in [0, 0.1) is 11.3 Å². The van der Waals surface area contributed by atoms with Gasteiger partial charge >= 0.3 is 5.38 Å². The monoisotopic (exact) mass is 276 g/mol. The number of benzene rings is 1. The van der Waals surface area contributed by atoms with Crippen molar-refractivity contribution < 1.29 is 13.9 Å². The molecule has 0 bridgehead atoms. The Labute approximate surface area is 112 Å². The second-order valence-electron chi connectivity index (χ2n) is 4.95. The van der Waals surface area contributed by atoms with Gasteiger partial charge in [0.15, 0.2) is 0 Å². The number of rotatable bonds is 6. The molecule has 1 nitrogen and oxygen atoms in total. The first-order valence-electron chi connectivity index (χ1n) is 6.05. The summed E-state index contributed by atoms with van der Waals surface area (Å²) in [5.74, 6) is -0.404. The van der Waals surface area contributed by atoms with E-state index in [0.717, 1.165) is 5.56 Å². The lowest BCUT2D eigenvalue weighted by molar-refractivity contribution is -0.110. The van der Waals surface area contributed by atoms with E-state index in [2.05, 4.69) is 0 Å². The zero-order valence-electron chi connectivity index (χ0n) is 10.7. The van der Waals surface area contributed by atoms with Crippen LogP contribution in [0.4, 0.5) is 8.78 Å². The number of aliphatic hydroxyl groups excluding tert-OH is 1. The van der Waals surface area contributed by atoms with Gasteiger partial charge in [0.05, 0.1) is 12.0 Å². The summed E-state index contributed by atoms with van der Waals surface area (Å²) in [7, 11) is 0. The van der Waals surface area contributed by atoms with Crippen molar-refractivity contribution in [1.82, 2.24) is 0 Å².